The molecule has 5 rings (SSSR count). The van der Waals surface area contributed by atoms with Crippen molar-refractivity contribution in [3.05, 3.63) is 52.8 Å². The van der Waals surface area contributed by atoms with Crippen LogP contribution in [0.3, 0.4) is 0 Å². The molecule has 1 fully saturated rings. The number of imidazole rings is 1. The third-order valence-corrected chi connectivity index (χ3v) is 5.90. The maximum atomic E-state index is 12.8. The Kier molecular flexibility index (Phi) is 6.06. The average Bonchev–Trinajstić information content (AvgIpc) is 3.17. The summed E-state index contributed by atoms with van der Waals surface area (Å²) >= 11 is 6.08. The highest BCUT2D eigenvalue weighted by molar-refractivity contribution is 6.31. The molecule has 1 aromatic heterocycles. The molecule has 158 valence electrons. The lowest BCUT2D eigenvalue weighted by molar-refractivity contribution is 0.0923. The molecule has 2 aliphatic rings. The number of nitrogens with one attached hydrogen (secondary N) is 2. The Morgan fingerprint density at radius 2 is 1.93 bits per heavy atom. The molecule has 2 atom stereocenters. The van der Waals surface area contributed by atoms with E-state index in [0.717, 1.165) is 42.5 Å². The van der Waals surface area contributed by atoms with Gasteiger partial charge in [-0.3, -0.25) is 4.79 Å². The molecular formula is C22H23Cl2N3O3. The Labute approximate surface area is 185 Å². The van der Waals surface area contributed by atoms with Gasteiger partial charge in [0.15, 0.2) is 11.5 Å². The first-order chi connectivity index (χ1) is 14.2. The number of rotatable bonds is 3. The Balaban J connectivity index is 0.00000218. The average molecular weight is 448 g/mol. The summed E-state index contributed by atoms with van der Waals surface area (Å²) in [7, 11) is 0. The van der Waals surface area contributed by atoms with Crippen molar-refractivity contribution >= 4 is 40.9 Å². The van der Waals surface area contributed by atoms with E-state index in [1.165, 1.54) is 0 Å². The molecule has 2 N–H and O–H groups in total. The van der Waals surface area contributed by atoms with E-state index < -0.39 is 0 Å². The number of hydrogen-bond donors (Lipinski definition) is 2. The van der Waals surface area contributed by atoms with Gasteiger partial charge < -0.3 is 19.8 Å². The van der Waals surface area contributed by atoms with Crippen LogP contribution in [0, 0.1) is 0 Å². The molecule has 2 heterocycles. The first-order valence-corrected chi connectivity index (χ1v) is 10.4. The second-order valence-corrected chi connectivity index (χ2v) is 8.11. The Morgan fingerprint density at radius 3 is 2.80 bits per heavy atom. The third-order valence-electron chi connectivity index (χ3n) is 5.66. The lowest BCUT2D eigenvalue weighted by Crippen LogP contribution is -2.38. The van der Waals surface area contributed by atoms with Crippen molar-refractivity contribution in [2.24, 2.45) is 0 Å². The minimum absolute atomic E-state index is 0. The Morgan fingerprint density at radius 1 is 1.10 bits per heavy atom. The zero-order chi connectivity index (χ0) is 19.8. The van der Waals surface area contributed by atoms with Gasteiger partial charge in [0.05, 0.1) is 11.0 Å². The normalized spacial score (nSPS) is 20.4. The van der Waals surface area contributed by atoms with E-state index in [9.17, 15) is 4.79 Å². The van der Waals surface area contributed by atoms with Crippen molar-refractivity contribution in [1.29, 1.82) is 0 Å². The number of ether oxygens (including phenoxy) is 2. The third kappa shape index (κ3) is 4.20. The topological polar surface area (TPSA) is 76.2 Å². The number of halogens is 2. The molecule has 0 saturated heterocycles. The van der Waals surface area contributed by atoms with Crippen LogP contribution in [0.1, 0.15) is 47.8 Å². The van der Waals surface area contributed by atoms with Gasteiger partial charge in [-0.25, -0.2) is 4.98 Å². The van der Waals surface area contributed by atoms with Crippen LogP contribution in [0.25, 0.3) is 11.0 Å². The lowest BCUT2D eigenvalue weighted by atomic mass is 9.85. The number of fused-ring (bicyclic) bond motifs is 2. The fourth-order valence-corrected chi connectivity index (χ4v) is 4.39. The Hall–Kier alpha value is -2.44. The van der Waals surface area contributed by atoms with Gasteiger partial charge in [0, 0.05) is 22.5 Å². The molecule has 2 aromatic carbocycles. The smallest absolute Gasteiger partial charge is 0.251 e. The number of amides is 1. The van der Waals surface area contributed by atoms with Crippen LogP contribution in [-0.2, 0) is 0 Å². The molecular weight excluding hydrogens is 425 g/mol. The number of benzene rings is 2. The van der Waals surface area contributed by atoms with Crippen LogP contribution in [-0.4, -0.2) is 35.1 Å². The molecule has 1 amide bonds. The summed E-state index contributed by atoms with van der Waals surface area (Å²) in [5.74, 6) is 2.51. The quantitative estimate of drug-likeness (QED) is 0.600. The minimum Gasteiger partial charge on any atom is -0.486 e. The summed E-state index contributed by atoms with van der Waals surface area (Å²) in [6.07, 6.45) is 3.95. The van der Waals surface area contributed by atoms with Crippen LogP contribution in [0.4, 0.5) is 0 Å². The highest BCUT2D eigenvalue weighted by atomic mass is 35.5. The number of carbonyl (C=O) groups excluding carboxylic acids is 1. The molecule has 0 spiro atoms. The maximum Gasteiger partial charge on any atom is 0.251 e. The highest BCUT2D eigenvalue weighted by Crippen LogP contribution is 2.34. The highest BCUT2D eigenvalue weighted by Gasteiger charge is 2.27. The van der Waals surface area contributed by atoms with Crippen molar-refractivity contribution in [1.82, 2.24) is 15.3 Å². The second kappa shape index (κ2) is 8.74. The van der Waals surface area contributed by atoms with E-state index in [0.29, 0.717) is 41.2 Å². The molecule has 6 nitrogen and oxygen atoms in total. The standard InChI is InChI=1S/C22H22ClN3O3.ClH/c23-15-5-6-17-18(12-15)26-21(25-17)13-2-1-3-16(10-13)24-22(27)14-4-7-19-20(11-14)29-9-8-28-19;/h4-7,11-13,16H,1-3,8-10H2,(H,24,27)(H,25,26);1H. The Bertz CT molecular complexity index is 1070. The minimum atomic E-state index is -0.0796. The zero-order valence-corrected chi connectivity index (χ0v) is 17.9. The van der Waals surface area contributed by atoms with E-state index in [-0.39, 0.29) is 24.4 Å². The van der Waals surface area contributed by atoms with Gasteiger partial charge in [-0.2, -0.15) is 0 Å². The van der Waals surface area contributed by atoms with Gasteiger partial charge in [-0.15, -0.1) is 12.4 Å². The van der Waals surface area contributed by atoms with E-state index in [4.69, 9.17) is 26.1 Å². The van der Waals surface area contributed by atoms with E-state index in [1.54, 1.807) is 18.2 Å². The monoisotopic (exact) mass is 447 g/mol. The molecule has 0 radical (unpaired) electrons. The number of aromatic nitrogens is 2. The van der Waals surface area contributed by atoms with Crippen LogP contribution in [0.2, 0.25) is 5.02 Å². The summed E-state index contributed by atoms with van der Waals surface area (Å²) in [6, 6.07) is 11.1. The van der Waals surface area contributed by atoms with Gasteiger partial charge in [0.25, 0.3) is 5.91 Å². The molecule has 2 unspecified atom stereocenters. The van der Waals surface area contributed by atoms with Crippen LogP contribution in [0.15, 0.2) is 36.4 Å². The van der Waals surface area contributed by atoms with Crippen molar-refractivity contribution < 1.29 is 14.3 Å². The summed E-state index contributed by atoms with van der Waals surface area (Å²) in [6.45, 7) is 1.04. The molecule has 8 heteroatoms. The summed E-state index contributed by atoms with van der Waals surface area (Å²) in [5, 5.41) is 3.88. The van der Waals surface area contributed by atoms with Crippen LogP contribution in [0.5, 0.6) is 11.5 Å². The van der Waals surface area contributed by atoms with Crippen molar-refractivity contribution in [3.63, 3.8) is 0 Å². The number of aromatic amines is 1. The van der Waals surface area contributed by atoms with Crippen LogP contribution >= 0.6 is 24.0 Å². The predicted molar refractivity (Wildman–Crippen MR) is 118 cm³/mol. The van der Waals surface area contributed by atoms with Crippen molar-refractivity contribution in [3.8, 4) is 11.5 Å². The molecule has 0 bridgehead atoms. The van der Waals surface area contributed by atoms with E-state index >= 15 is 0 Å². The van der Waals surface area contributed by atoms with Crippen molar-refractivity contribution in [2.45, 2.75) is 37.6 Å². The zero-order valence-electron chi connectivity index (χ0n) is 16.3. The number of nitrogens with zero attached hydrogens (tertiary/aromatic N) is 1. The number of carbonyl (C=O) groups is 1. The fraction of sp³-hybridized carbons (Fsp3) is 0.364. The van der Waals surface area contributed by atoms with Gasteiger partial charge in [0.1, 0.15) is 19.0 Å². The predicted octanol–water partition coefficient (Wildman–Crippen LogP) is 4.87. The van der Waals surface area contributed by atoms with Crippen LogP contribution < -0.4 is 14.8 Å². The first-order valence-electron chi connectivity index (χ1n) is 10.0. The molecule has 1 aliphatic heterocycles. The van der Waals surface area contributed by atoms with Gasteiger partial charge in [0.2, 0.25) is 0 Å². The van der Waals surface area contributed by atoms with Gasteiger partial charge in [-0.05, 0) is 55.7 Å². The second-order valence-electron chi connectivity index (χ2n) is 7.68. The lowest BCUT2D eigenvalue weighted by Gasteiger charge is -2.29. The van der Waals surface area contributed by atoms with Crippen molar-refractivity contribution in [2.75, 3.05) is 13.2 Å². The fourth-order valence-electron chi connectivity index (χ4n) is 4.22. The SMILES string of the molecule is Cl.O=C(NC1CCCC(c2nc3ccc(Cl)cc3[nH]2)C1)c1ccc2c(c1)OCCO2. The van der Waals surface area contributed by atoms with E-state index in [1.807, 2.05) is 18.2 Å². The maximum absolute atomic E-state index is 12.8. The molecule has 1 saturated carbocycles. The molecule has 3 aromatic rings. The van der Waals surface area contributed by atoms with E-state index in [2.05, 4.69) is 10.3 Å². The van der Waals surface area contributed by atoms with Gasteiger partial charge in [-0.1, -0.05) is 18.0 Å². The summed E-state index contributed by atoms with van der Waals surface area (Å²) < 4.78 is 11.1. The number of hydrogen-bond acceptors (Lipinski definition) is 4. The first kappa shape index (κ1) is 20.8. The largest absolute Gasteiger partial charge is 0.486 e. The molecule has 30 heavy (non-hydrogen) atoms. The summed E-state index contributed by atoms with van der Waals surface area (Å²) in [4.78, 5) is 20.9. The molecule has 1 aliphatic carbocycles. The number of H-pyrrole nitrogens is 1. The summed E-state index contributed by atoms with van der Waals surface area (Å²) in [5.41, 5.74) is 2.47. The van der Waals surface area contributed by atoms with Gasteiger partial charge >= 0.3 is 0 Å².